The van der Waals surface area contributed by atoms with Gasteiger partial charge in [-0.3, -0.25) is 0 Å². The number of anilines is 1. The third kappa shape index (κ3) is 2.59. The van der Waals surface area contributed by atoms with Gasteiger partial charge in [0, 0.05) is 7.11 Å². The van der Waals surface area contributed by atoms with E-state index in [1.807, 2.05) is 0 Å². The normalized spacial score (nSPS) is 18.9. The molecule has 2 N–H and O–H groups in total. The summed E-state index contributed by atoms with van der Waals surface area (Å²) >= 11 is 0. The fraction of sp³-hybridized carbons (Fsp3) is 0.300. The molecule has 0 fully saturated rings. The number of ether oxygens (including phenoxy) is 1. The summed E-state index contributed by atoms with van der Waals surface area (Å²) in [7, 11) is -2.25. The smallest absolute Gasteiger partial charge is 0.266 e. The molecule has 0 aromatic heterocycles. The molecule has 98 valence electrons. The maximum absolute atomic E-state index is 13.0. The second kappa shape index (κ2) is 4.91. The van der Waals surface area contributed by atoms with E-state index in [0.29, 0.717) is 18.8 Å². The number of nitrogens with one attached hydrogen (secondary N) is 2. The van der Waals surface area contributed by atoms with Crippen molar-refractivity contribution in [3.63, 3.8) is 0 Å². The minimum Gasteiger partial charge on any atom is -0.383 e. The van der Waals surface area contributed by atoms with E-state index in [2.05, 4.69) is 15.0 Å². The number of benzene rings is 1. The van der Waals surface area contributed by atoms with E-state index in [4.69, 9.17) is 4.74 Å². The van der Waals surface area contributed by atoms with Crippen molar-refractivity contribution in [3.8, 4) is 0 Å². The van der Waals surface area contributed by atoms with Crippen LogP contribution in [0.2, 0.25) is 0 Å². The van der Waals surface area contributed by atoms with Crippen molar-refractivity contribution < 1.29 is 17.5 Å². The van der Waals surface area contributed by atoms with Gasteiger partial charge in [0.1, 0.15) is 10.7 Å². The Labute approximate surface area is 104 Å². The van der Waals surface area contributed by atoms with Crippen molar-refractivity contribution in [1.29, 1.82) is 0 Å². The van der Waals surface area contributed by atoms with Gasteiger partial charge in [-0.2, -0.15) is 0 Å². The molecule has 0 atom stereocenters. The van der Waals surface area contributed by atoms with Gasteiger partial charge < -0.3 is 10.1 Å². The molecular weight excluding hydrogens is 261 g/mol. The average molecular weight is 273 g/mol. The Hall–Kier alpha value is -1.67. The lowest BCUT2D eigenvalue weighted by atomic mass is 10.3. The van der Waals surface area contributed by atoms with Crippen molar-refractivity contribution in [3.05, 3.63) is 24.0 Å². The van der Waals surface area contributed by atoms with Crippen molar-refractivity contribution in [2.75, 3.05) is 25.6 Å². The Balaban J connectivity index is 2.33. The summed E-state index contributed by atoms with van der Waals surface area (Å²) in [4.78, 5) is 3.86. The van der Waals surface area contributed by atoms with E-state index in [9.17, 15) is 12.8 Å². The quantitative estimate of drug-likeness (QED) is 0.787. The van der Waals surface area contributed by atoms with Gasteiger partial charge in [-0.05, 0) is 18.2 Å². The van der Waals surface area contributed by atoms with Crippen LogP contribution in [-0.2, 0) is 14.8 Å². The highest BCUT2D eigenvalue weighted by Gasteiger charge is 2.26. The molecule has 0 radical (unpaired) electrons. The monoisotopic (exact) mass is 273 g/mol. The molecule has 18 heavy (non-hydrogen) atoms. The molecular formula is C10H12FN3O3S. The van der Waals surface area contributed by atoms with Gasteiger partial charge in [-0.1, -0.05) is 0 Å². The second-order valence-electron chi connectivity index (χ2n) is 3.59. The van der Waals surface area contributed by atoms with Crippen LogP contribution in [-0.4, -0.2) is 34.6 Å². The van der Waals surface area contributed by atoms with Gasteiger partial charge in [0.05, 0.1) is 18.8 Å². The fourth-order valence-corrected chi connectivity index (χ4v) is 2.63. The lowest BCUT2D eigenvalue weighted by Crippen LogP contribution is -2.41. The molecule has 1 aliphatic rings. The molecule has 8 heteroatoms. The van der Waals surface area contributed by atoms with Crippen LogP contribution in [0.25, 0.3) is 0 Å². The summed E-state index contributed by atoms with van der Waals surface area (Å²) in [6.07, 6.45) is 0. The van der Waals surface area contributed by atoms with Crippen LogP contribution in [0.5, 0.6) is 0 Å². The lowest BCUT2D eigenvalue weighted by Gasteiger charge is -2.21. The number of rotatable bonds is 3. The van der Waals surface area contributed by atoms with Crippen LogP contribution >= 0.6 is 0 Å². The number of nitrogens with zero attached hydrogens (tertiary/aromatic N) is 1. The number of halogens is 1. The topological polar surface area (TPSA) is 79.8 Å². The second-order valence-corrected chi connectivity index (χ2v) is 5.24. The highest BCUT2D eigenvalue weighted by atomic mass is 32.2. The fourth-order valence-electron chi connectivity index (χ4n) is 1.48. The van der Waals surface area contributed by atoms with Crippen LogP contribution < -0.4 is 10.0 Å². The summed E-state index contributed by atoms with van der Waals surface area (Å²) in [6.45, 7) is 0.695. The maximum Gasteiger partial charge on any atom is 0.266 e. The summed E-state index contributed by atoms with van der Waals surface area (Å²) in [5.41, 5.74) is 0.298. The first kappa shape index (κ1) is 12.8. The molecule has 0 unspecified atom stereocenters. The molecule has 0 bridgehead atoms. The van der Waals surface area contributed by atoms with Crippen molar-refractivity contribution in [1.82, 2.24) is 4.72 Å². The lowest BCUT2D eigenvalue weighted by molar-refractivity contribution is 0.208. The largest absolute Gasteiger partial charge is 0.383 e. The maximum atomic E-state index is 13.0. The molecule has 1 heterocycles. The van der Waals surface area contributed by atoms with E-state index >= 15 is 0 Å². The highest BCUT2D eigenvalue weighted by Crippen LogP contribution is 2.25. The van der Waals surface area contributed by atoms with Crippen molar-refractivity contribution >= 4 is 21.7 Å². The summed E-state index contributed by atoms with van der Waals surface area (Å²) in [5, 5.41) is 2.78. The molecule has 1 aromatic carbocycles. The number of aliphatic imine (C=N–C) groups is 1. The van der Waals surface area contributed by atoms with E-state index in [1.165, 1.54) is 19.2 Å². The first-order chi connectivity index (χ1) is 8.53. The minimum absolute atomic E-state index is 0.103. The Morgan fingerprint density at radius 2 is 2.22 bits per heavy atom. The minimum atomic E-state index is -3.77. The zero-order valence-electron chi connectivity index (χ0n) is 9.60. The molecule has 0 spiro atoms. The van der Waals surface area contributed by atoms with Crippen LogP contribution in [0.4, 0.5) is 10.1 Å². The van der Waals surface area contributed by atoms with Gasteiger partial charge in [-0.25, -0.2) is 22.5 Å². The van der Waals surface area contributed by atoms with E-state index < -0.39 is 15.8 Å². The SMILES string of the molecule is COCCN=C1Nc2ccc(F)cc2S(=O)(=O)N1. The molecule has 6 nitrogen and oxygen atoms in total. The number of guanidine groups is 1. The van der Waals surface area contributed by atoms with Gasteiger partial charge in [0.2, 0.25) is 5.96 Å². The number of fused-ring (bicyclic) bond motifs is 1. The number of hydrogen-bond donors (Lipinski definition) is 2. The first-order valence-corrected chi connectivity index (χ1v) is 6.64. The Kier molecular flexibility index (Phi) is 3.48. The first-order valence-electron chi connectivity index (χ1n) is 5.16. The molecule has 1 aliphatic heterocycles. The third-order valence-electron chi connectivity index (χ3n) is 2.28. The average Bonchev–Trinajstić information content (AvgIpc) is 2.30. The van der Waals surface area contributed by atoms with Crippen molar-refractivity contribution in [2.24, 2.45) is 4.99 Å². The molecule has 0 amide bonds. The van der Waals surface area contributed by atoms with E-state index in [1.54, 1.807) is 0 Å². The molecule has 0 saturated heterocycles. The number of hydrogen-bond acceptors (Lipinski definition) is 4. The predicted octanol–water partition coefficient (Wildman–Crippen LogP) is 0.532. The highest BCUT2D eigenvalue weighted by molar-refractivity contribution is 7.90. The Bertz CT molecular complexity index is 586. The summed E-state index contributed by atoms with van der Waals surface area (Å²) < 4.78 is 43.7. The summed E-state index contributed by atoms with van der Waals surface area (Å²) in [5.74, 6) is -0.508. The Morgan fingerprint density at radius 3 is 2.94 bits per heavy atom. The zero-order valence-corrected chi connectivity index (χ0v) is 10.4. The van der Waals surface area contributed by atoms with E-state index in [0.717, 1.165) is 6.07 Å². The Morgan fingerprint density at radius 1 is 1.44 bits per heavy atom. The zero-order chi connectivity index (χ0) is 13.2. The van der Waals surface area contributed by atoms with Gasteiger partial charge in [-0.15, -0.1) is 0 Å². The van der Waals surface area contributed by atoms with Crippen molar-refractivity contribution in [2.45, 2.75) is 4.90 Å². The van der Waals surface area contributed by atoms with Crippen LogP contribution in [0, 0.1) is 5.82 Å². The summed E-state index contributed by atoms with van der Waals surface area (Å²) in [6, 6.07) is 3.49. The third-order valence-corrected chi connectivity index (χ3v) is 3.66. The van der Waals surface area contributed by atoms with Crippen LogP contribution in [0.15, 0.2) is 28.1 Å². The van der Waals surface area contributed by atoms with Crippen LogP contribution in [0.3, 0.4) is 0 Å². The molecule has 2 rings (SSSR count). The van der Waals surface area contributed by atoms with Gasteiger partial charge in [0.15, 0.2) is 0 Å². The molecule has 0 aliphatic carbocycles. The van der Waals surface area contributed by atoms with E-state index in [-0.39, 0.29) is 10.9 Å². The standard InChI is InChI=1S/C10H12FN3O3S/c1-17-5-4-12-10-13-8-3-2-7(11)6-9(8)18(15,16)14-10/h2-3,6H,4-5H2,1H3,(H2,12,13,14). The van der Waals surface area contributed by atoms with Gasteiger partial charge >= 0.3 is 0 Å². The number of sulfonamides is 1. The molecule has 1 aromatic rings. The van der Waals surface area contributed by atoms with Crippen LogP contribution in [0.1, 0.15) is 0 Å². The predicted molar refractivity (Wildman–Crippen MR) is 64.5 cm³/mol. The number of methoxy groups -OCH3 is 1. The molecule has 0 saturated carbocycles. The van der Waals surface area contributed by atoms with Gasteiger partial charge in [0.25, 0.3) is 10.0 Å².